The molecule has 0 spiro atoms. The van der Waals surface area contributed by atoms with Crippen molar-refractivity contribution in [3.8, 4) is 0 Å². The molecule has 0 N–H and O–H groups in total. The molecule has 0 aliphatic rings. The van der Waals surface area contributed by atoms with Gasteiger partial charge in [-0.1, -0.05) is 19.8 Å². The van der Waals surface area contributed by atoms with Gasteiger partial charge in [-0.25, -0.2) is 4.79 Å². The summed E-state index contributed by atoms with van der Waals surface area (Å²) in [6.45, 7) is 11.6. The van der Waals surface area contributed by atoms with Gasteiger partial charge in [0.1, 0.15) is 6.61 Å². The second-order valence-electron chi connectivity index (χ2n) is 4.29. The molecule has 0 rings (SSSR count). The Labute approximate surface area is 122 Å². The van der Waals surface area contributed by atoms with Gasteiger partial charge in [-0.3, -0.25) is 0 Å². The van der Waals surface area contributed by atoms with Crippen molar-refractivity contribution in [3.63, 3.8) is 0 Å². The minimum Gasteiger partial charge on any atom is -0.485 e. The fourth-order valence-electron chi connectivity index (χ4n) is 1.59. The number of ether oxygens (including phenoxy) is 4. The molecular weight excluding hydrogens is 260 g/mol. The van der Waals surface area contributed by atoms with Gasteiger partial charge in [0.25, 0.3) is 0 Å². The molecule has 5 heteroatoms. The van der Waals surface area contributed by atoms with Gasteiger partial charge in [0.05, 0.1) is 25.9 Å². The van der Waals surface area contributed by atoms with Crippen molar-refractivity contribution in [2.75, 3.05) is 33.0 Å². The molecule has 0 aromatic carbocycles. The molecule has 0 amide bonds. The molecule has 0 radical (unpaired) electrons. The van der Waals surface area contributed by atoms with Gasteiger partial charge in [0.2, 0.25) is 0 Å². The smallest absolute Gasteiger partial charge is 0.372 e. The van der Waals surface area contributed by atoms with Crippen molar-refractivity contribution in [2.24, 2.45) is 0 Å². The van der Waals surface area contributed by atoms with Crippen molar-refractivity contribution >= 4 is 5.97 Å². The van der Waals surface area contributed by atoms with Crippen LogP contribution in [0.4, 0.5) is 0 Å². The molecule has 0 aromatic heterocycles. The standard InChI is InChI=1S/C15H28O5/c1-5-8-9-14(18-6-2)12-17-10-11-20-13(4)15(16)19-7-3/h14H,4-12H2,1-3H3. The summed E-state index contributed by atoms with van der Waals surface area (Å²) < 4.78 is 21.0. The third kappa shape index (κ3) is 9.81. The van der Waals surface area contributed by atoms with Crippen molar-refractivity contribution in [1.82, 2.24) is 0 Å². The lowest BCUT2D eigenvalue weighted by Gasteiger charge is -2.17. The van der Waals surface area contributed by atoms with Gasteiger partial charge in [0.15, 0.2) is 5.76 Å². The van der Waals surface area contributed by atoms with Crippen LogP contribution in [0.2, 0.25) is 0 Å². The Hall–Kier alpha value is -1.07. The normalized spacial score (nSPS) is 11.9. The fraction of sp³-hybridized carbons (Fsp3) is 0.800. The Balaban J connectivity index is 3.67. The van der Waals surface area contributed by atoms with Crippen molar-refractivity contribution in [2.45, 2.75) is 46.1 Å². The van der Waals surface area contributed by atoms with Crippen molar-refractivity contribution < 1.29 is 23.7 Å². The Morgan fingerprint density at radius 3 is 2.45 bits per heavy atom. The SMILES string of the molecule is C=C(OCCOCC(CCCC)OCC)C(=O)OCC. The van der Waals surface area contributed by atoms with Crippen molar-refractivity contribution in [1.29, 1.82) is 0 Å². The number of rotatable bonds is 13. The highest BCUT2D eigenvalue weighted by molar-refractivity contribution is 5.85. The summed E-state index contributed by atoms with van der Waals surface area (Å²) in [5.41, 5.74) is 0. The summed E-state index contributed by atoms with van der Waals surface area (Å²) in [7, 11) is 0. The third-order valence-electron chi connectivity index (χ3n) is 2.59. The molecule has 0 saturated heterocycles. The van der Waals surface area contributed by atoms with Crippen LogP contribution in [0.15, 0.2) is 12.3 Å². The quantitative estimate of drug-likeness (QED) is 0.226. The molecule has 0 aromatic rings. The summed E-state index contributed by atoms with van der Waals surface area (Å²) >= 11 is 0. The third-order valence-corrected chi connectivity index (χ3v) is 2.59. The van der Waals surface area contributed by atoms with Gasteiger partial charge < -0.3 is 18.9 Å². The van der Waals surface area contributed by atoms with Crippen LogP contribution in [-0.2, 0) is 23.7 Å². The summed E-state index contributed by atoms with van der Waals surface area (Å²) in [6, 6.07) is 0. The largest absolute Gasteiger partial charge is 0.485 e. The molecule has 0 bridgehead atoms. The highest BCUT2D eigenvalue weighted by atomic mass is 16.6. The maximum atomic E-state index is 11.2. The average Bonchev–Trinajstić information content (AvgIpc) is 2.44. The second-order valence-corrected chi connectivity index (χ2v) is 4.29. The van der Waals surface area contributed by atoms with Crippen LogP contribution in [0.3, 0.4) is 0 Å². The molecule has 0 aliphatic carbocycles. The van der Waals surface area contributed by atoms with Gasteiger partial charge >= 0.3 is 5.97 Å². The lowest BCUT2D eigenvalue weighted by molar-refractivity contribution is -0.142. The van der Waals surface area contributed by atoms with Gasteiger partial charge in [0, 0.05) is 6.61 Å². The number of carbonyl (C=O) groups is 1. The van der Waals surface area contributed by atoms with E-state index in [-0.39, 0.29) is 18.5 Å². The molecule has 1 atom stereocenters. The van der Waals surface area contributed by atoms with Crippen LogP contribution in [-0.4, -0.2) is 45.1 Å². The first-order valence-electron chi connectivity index (χ1n) is 7.33. The number of unbranched alkanes of at least 4 members (excludes halogenated alkanes) is 1. The van der Waals surface area contributed by atoms with Crippen LogP contribution in [0.5, 0.6) is 0 Å². The molecule has 1 unspecified atom stereocenters. The van der Waals surface area contributed by atoms with Gasteiger partial charge in [-0.2, -0.15) is 0 Å². The molecule has 5 nitrogen and oxygen atoms in total. The number of hydrogen-bond acceptors (Lipinski definition) is 5. The molecule has 0 saturated carbocycles. The molecular formula is C15H28O5. The molecule has 0 heterocycles. The topological polar surface area (TPSA) is 54.0 Å². The van der Waals surface area contributed by atoms with Crippen LogP contribution in [0.25, 0.3) is 0 Å². The van der Waals surface area contributed by atoms with E-state index >= 15 is 0 Å². The molecule has 0 fully saturated rings. The fourth-order valence-corrected chi connectivity index (χ4v) is 1.59. The van der Waals surface area contributed by atoms with E-state index in [4.69, 9.17) is 18.9 Å². The summed E-state index contributed by atoms with van der Waals surface area (Å²) in [5, 5.41) is 0. The Kier molecular flexibility index (Phi) is 12.2. The predicted octanol–water partition coefficient (Wildman–Crippen LogP) is 2.69. The lowest BCUT2D eigenvalue weighted by atomic mass is 10.2. The van der Waals surface area contributed by atoms with Crippen LogP contribution >= 0.6 is 0 Å². The first-order chi connectivity index (χ1) is 9.65. The Morgan fingerprint density at radius 2 is 1.85 bits per heavy atom. The number of esters is 1. The number of carbonyl (C=O) groups excluding carboxylic acids is 1. The van der Waals surface area contributed by atoms with E-state index in [0.29, 0.717) is 26.4 Å². The minimum absolute atomic E-state index is 0.0165. The molecule has 118 valence electrons. The monoisotopic (exact) mass is 288 g/mol. The van der Waals surface area contributed by atoms with Gasteiger partial charge in [-0.15, -0.1) is 0 Å². The summed E-state index contributed by atoms with van der Waals surface area (Å²) in [5.74, 6) is -0.509. The summed E-state index contributed by atoms with van der Waals surface area (Å²) in [4.78, 5) is 11.2. The maximum Gasteiger partial charge on any atom is 0.372 e. The first-order valence-corrected chi connectivity index (χ1v) is 7.33. The Morgan fingerprint density at radius 1 is 1.10 bits per heavy atom. The summed E-state index contributed by atoms with van der Waals surface area (Å²) in [6.07, 6.45) is 3.41. The van der Waals surface area contributed by atoms with Crippen LogP contribution in [0.1, 0.15) is 40.0 Å². The zero-order valence-corrected chi connectivity index (χ0v) is 13.0. The minimum atomic E-state index is -0.525. The van der Waals surface area contributed by atoms with E-state index in [2.05, 4.69) is 13.5 Å². The molecule has 0 aliphatic heterocycles. The maximum absolute atomic E-state index is 11.2. The molecule has 20 heavy (non-hydrogen) atoms. The predicted molar refractivity (Wildman–Crippen MR) is 77.5 cm³/mol. The lowest BCUT2D eigenvalue weighted by Crippen LogP contribution is -2.21. The second kappa shape index (κ2) is 12.9. The highest BCUT2D eigenvalue weighted by Crippen LogP contribution is 2.06. The number of hydrogen-bond donors (Lipinski definition) is 0. The average molecular weight is 288 g/mol. The van der Waals surface area contributed by atoms with Crippen LogP contribution in [0, 0.1) is 0 Å². The van der Waals surface area contributed by atoms with E-state index in [0.717, 1.165) is 19.3 Å². The Bertz CT molecular complexity index is 265. The van der Waals surface area contributed by atoms with E-state index in [9.17, 15) is 4.79 Å². The van der Waals surface area contributed by atoms with E-state index in [1.165, 1.54) is 0 Å². The van der Waals surface area contributed by atoms with Crippen LogP contribution < -0.4 is 0 Å². The highest BCUT2D eigenvalue weighted by Gasteiger charge is 2.10. The first kappa shape index (κ1) is 18.9. The van der Waals surface area contributed by atoms with Crippen molar-refractivity contribution in [3.05, 3.63) is 12.3 Å². The zero-order chi connectivity index (χ0) is 15.2. The van der Waals surface area contributed by atoms with E-state index in [1.807, 2.05) is 6.92 Å². The van der Waals surface area contributed by atoms with Gasteiger partial charge in [-0.05, 0) is 26.8 Å². The van der Waals surface area contributed by atoms with E-state index in [1.54, 1.807) is 6.92 Å². The zero-order valence-electron chi connectivity index (χ0n) is 13.0. The van der Waals surface area contributed by atoms with E-state index < -0.39 is 5.97 Å².